The standard InChI is InChI=1S/C13H20BrNO/c1-13(2,16)10-15(3)9-8-11-4-6-12(14)7-5-11/h4-7,16H,8-10H2,1-3H3. The summed E-state index contributed by atoms with van der Waals surface area (Å²) in [5.74, 6) is 0. The molecule has 0 fully saturated rings. The van der Waals surface area contributed by atoms with Crippen molar-refractivity contribution in [3.63, 3.8) is 0 Å². The second kappa shape index (κ2) is 5.80. The van der Waals surface area contributed by atoms with Crippen molar-refractivity contribution in [1.29, 1.82) is 0 Å². The summed E-state index contributed by atoms with van der Waals surface area (Å²) in [6.07, 6.45) is 1.01. The number of aliphatic hydroxyl groups is 1. The molecule has 0 saturated carbocycles. The molecule has 0 radical (unpaired) electrons. The van der Waals surface area contributed by atoms with Crippen molar-refractivity contribution < 1.29 is 5.11 Å². The molecule has 90 valence electrons. The predicted octanol–water partition coefficient (Wildman–Crippen LogP) is 2.69. The minimum atomic E-state index is -0.617. The van der Waals surface area contributed by atoms with E-state index in [9.17, 15) is 5.11 Å². The SMILES string of the molecule is CN(CCc1ccc(Br)cc1)CC(C)(C)O. The lowest BCUT2D eigenvalue weighted by Gasteiger charge is -2.25. The molecule has 1 rings (SSSR count). The highest BCUT2D eigenvalue weighted by Crippen LogP contribution is 2.11. The summed E-state index contributed by atoms with van der Waals surface area (Å²) in [5, 5.41) is 9.67. The maximum absolute atomic E-state index is 9.67. The maximum atomic E-state index is 9.67. The molecule has 0 heterocycles. The van der Waals surface area contributed by atoms with Crippen LogP contribution in [0.5, 0.6) is 0 Å². The van der Waals surface area contributed by atoms with Crippen LogP contribution >= 0.6 is 15.9 Å². The van der Waals surface area contributed by atoms with Crippen molar-refractivity contribution in [2.75, 3.05) is 20.1 Å². The van der Waals surface area contributed by atoms with Crippen LogP contribution in [0.4, 0.5) is 0 Å². The lowest BCUT2D eigenvalue weighted by molar-refractivity contribution is 0.0450. The van der Waals surface area contributed by atoms with Gasteiger partial charge in [0.1, 0.15) is 0 Å². The summed E-state index contributed by atoms with van der Waals surface area (Å²) in [6, 6.07) is 8.38. The predicted molar refractivity (Wildman–Crippen MR) is 71.6 cm³/mol. The number of benzene rings is 1. The molecule has 2 nitrogen and oxygen atoms in total. The Morgan fingerprint density at radius 2 is 1.81 bits per heavy atom. The Bertz CT molecular complexity index is 316. The third-order valence-electron chi connectivity index (χ3n) is 2.35. The van der Waals surface area contributed by atoms with Gasteiger partial charge in [0.25, 0.3) is 0 Å². The molecular formula is C13H20BrNO. The van der Waals surface area contributed by atoms with Crippen LogP contribution in [-0.2, 0) is 6.42 Å². The molecule has 0 amide bonds. The molecular weight excluding hydrogens is 266 g/mol. The van der Waals surface area contributed by atoms with E-state index in [4.69, 9.17) is 0 Å². The Hall–Kier alpha value is -0.380. The minimum absolute atomic E-state index is 0.617. The van der Waals surface area contributed by atoms with Gasteiger partial charge in [-0.05, 0) is 45.0 Å². The van der Waals surface area contributed by atoms with E-state index >= 15 is 0 Å². The maximum Gasteiger partial charge on any atom is 0.0718 e. The Morgan fingerprint density at radius 1 is 1.25 bits per heavy atom. The molecule has 0 aliphatic rings. The van der Waals surface area contributed by atoms with Crippen molar-refractivity contribution in [1.82, 2.24) is 4.90 Å². The zero-order valence-corrected chi connectivity index (χ0v) is 11.8. The first-order valence-corrected chi connectivity index (χ1v) is 6.31. The summed E-state index contributed by atoms with van der Waals surface area (Å²) < 4.78 is 1.11. The van der Waals surface area contributed by atoms with E-state index in [1.54, 1.807) is 0 Å². The van der Waals surface area contributed by atoms with Crippen LogP contribution in [0.15, 0.2) is 28.7 Å². The second-order valence-corrected chi connectivity index (χ2v) is 5.84. The molecule has 0 saturated heterocycles. The lowest BCUT2D eigenvalue weighted by atomic mass is 10.1. The second-order valence-electron chi connectivity index (χ2n) is 4.93. The number of nitrogens with zero attached hydrogens (tertiary/aromatic N) is 1. The fourth-order valence-corrected chi connectivity index (χ4v) is 1.97. The van der Waals surface area contributed by atoms with Gasteiger partial charge in [0.2, 0.25) is 0 Å². The average molecular weight is 286 g/mol. The van der Waals surface area contributed by atoms with Crippen molar-refractivity contribution in [3.8, 4) is 0 Å². The molecule has 0 aliphatic heterocycles. The van der Waals surface area contributed by atoms with Crippen LogP contribution in [0, 0.1) is 0 Å². The van der Waals surface area contributed by atoms with Crippen LogP contribution in [-0.4, -0.2) is 35.7 Å². The number of hydrogen-bond acceptors (Lipinski definition) is 2. The van der Waals surface area contributed by atoms with Gasteiger partial charge in [0, 0.05) is 17.6 Å². The number of hydrogen-bond donors (Lipinski definition) is 1. The highest BCUT2D eigenvalue weighted by Gasteiger charge is 2.14. The van der Waals surface area contributed by atoms with Gasteiger partial charge in [-0.15, -0.1) is 0 Å². The van der Waals surface area contributed by atoms with E-state index in [2.05, 4.69) is 45.1 Å². The first-order valence-electron chi connectivity index (χ1n) is 5.52. The Kier molecular flexibility index (Phi) is 4.96. The van der Waals surface area contributed by atoms with Crippen LogP contribution in [0.2, 0.25) is 0 Å². The largest absolute Gasteiger partial charge is 0.389 e. The van der Waals surface area contributed by atoms with E-state index in [1.165, 1.54) is 5.56 Å². The van der Waals surface area contributed by atoms with Crippen LogP contribution in [0.25, 0.3) is 0 Å². The summed E-state index contributed by atoms with van der Waals surface area (Å²) in [4.78, 5) is 2.15. The quantitative estimate of drug-likeness (QED) is 0.899. The van der Waals surface area contributed by atoms with Gasteiger partial charge < -0.3 is 10.0 Å². The van der Waals surface area contributed by atoms with E-state index in [0.717, 1.165) is 17.4 Å². The topological polar surface area (TPSA) is 23.5 Å². The normalized spacial score (nSPS) is 12.1. The number of halogens is 1. The lowest BCUT2D eigenvalue weighted by Crippen LogP contribution is -2.37. The Balaban J connectivity index is 2.37. The highest BCUT2D eigenvalue weighted by molar-refractivity contribution is 9.10. The first kappa shape index (κ1) is 13.7. The minimum Gasteiger partial charge on any atom is -0.389 e. The fourth-order valence-electron chi connectivity index (χ4n) is 1.71. The summed E-state index contributed by atoms with van der Waals surface area (Å²) in [7, 11) is 2.04. The molecule has 0 bridgehead atoms. The third-order valence-corrected chi connectivity index (χ3v) is 2.88. The summed E-state index contributed by atoms with van der Waals surface area (Å²) >= 11 is 3.42. The Morgan fingerprint density at radius 3 is 2.31 bits per heavy atom. The van der Waals surface area contributed by atoms with Crippen LogP contribution < -0.4 is 0 Å². The molecule has 0 unspecified atom stereocenters. The summed E-state index contributed by atoms with van der Waals surface area (Å²) in [5.41, 5.74) is 0.708. The van der Waals surface area contributed by atoms with E-state index in [0.29, 0.717) is 6.54 Å². The molecule has 1 aromatic carbocycles. The van der Waals surface area contributed by atoms with Gasteiger partial charge >= 0.3 is 0 Å². The van der Waals surface area contributed by atoms with Crippen molar-refractivity contribution in [3.05, 3.63) is 34.3 Å². The molecule has 1 aromatic rings. The van der Waals surface area contributed by atoms with Gasteiger partial charge in [0.05, 0.1) is 5.60 Å². The van der Waals surface area contributed by atoms with Crippen molar-refractivity contribution >= 4 is 15.9 Å². The highest BCUT2D eigenvalue weighted by atomic mass is 79.9. The van der Waals surface area contributed by atoms with Gasteiger partial charge in [-0.1, -0.05) is 28.1 Å². The van der Waals surface area contributed by atoms with Crippen LogP contribution in [0.3, 0.4) is 0 Å². The number of rotatable bonds is 5. The molecule has 0 atom stereocenters. The Labute approximate surface area is 106 Å². The zero-order chi connectivity index (χ0) is 12.2. The molecule has 1 N–H and O–H groups in total. The third kappa shape index (κ3) is 5.64. The van der Waals surface area contributed by atoms with E-state index < -0.39 is 5.60 Å². The van der Waals surface area contributed by atoms with Gasteiger partial charge in [-0.3, -0.25) is 0 Å². The van der Waals surface area contributed by atoms with Gasteiger partial charge in [-0.25, -0.2) is 0 Å². The molecule has 0 aliphatic carbocycles. The molecule has 0 aromatic heterocycles. The van der Waals surface area contributed by atoms with Crippen LogP contribution in [0.1, 0.15) is 19.4 Å². The van der Waals surface area contributed by atoms with Crippen molar-refractivity contribution in [2.24, 2.45) is 0 Å². The molecule has 3 heteroatoms. The summed E-state index contributed by atoms with van der Waals surface area (Å²) in [6.45, 7) is 5.33. The van der Waals surface area contributed by atoms with Crippen molar-refractivity contribution in [2.45, 2.75) is 25.9 Å². The zero-order valence-electron chi connectivity index (χ0n) is 10.2. The smallest absolute Gasteiger partial charge is 0.0718 e. The molecule has 0 spiro atoms. The monoisotopic (exact) mass is 285 g/mol. The molecule has 16 heavy (non-hydrogen) atoms. The number of likely N-dealkylation sites (N-methyl/N-ethyl adjacent to an activating group) is 1. The average Bonchev–Trinajstić information content (AvgIpc) is 2.14. The van der Waals surface area contributed by atoms with Gasteiger partial charge in [0.15, 0.2) is 0 Å². The fraction of sp³-hybridized carbons (Fsp3) is 0.538. The van der Waals surface area contributed by atoms with E-state index in [-0.39, 0.29) is 0 Å². The van der Waals surface area contributed by atoms with Gasteiger partial charge in [-0.2, -0.15) is 0 Å². The van der Waals surface area contributed by atoms with E-state index in [1.807, 2.05) is 20.9 Å². The first-order chi connectivity index (χ1) is 7.37.